The summed E-state index contributed by atoms with van der Waals surface area (Å²) in [7, 11) is 0. The average Bonchev–Trinajstić information content (AvgIpc) is 3.33. The molecule has 3 aromatic rings. The van der Waals surface area contributed by atoms with Gasteiger partial charge in [0.1, 0.15) is 5.82 Å². The maximum absolute atomic E-state index is 13.1. The van der Waals surface area contributed by atoms with Gasteiger partial charge >= 0.3 is 0 Å². The smallest absolute Gasteiger partial charge is 0.267 e. The first-order valence-electron chi connectivity index (χ1n) is 10.8. The van der Waals surface area contributed by atoms with E-state index in [-0.39, 0.29) is 17.6 Å². The first kappa shape index (κ1) is 19.5. The van der Waals surface area contributed by atoms with Crippen molar-refractivity contribution < 1.29 is 19.2 Å². The lowest BCUT2D eigenvalue weighted by atomic mass is 9.90. The Kier molecular flexibility index (Phi) is 3.82. The van der Waals surface area contributed by atoms with Crippen LogP contribution in [0.15, 0.2) is 60.7 Å². The number of anilines is 1. The minimum Gasteiger partial charge on any atom is -0.269 e. The van der Waals surface area contributed by atoms with E-state index in [1.807, 2.05) is 13.8 Å². The third kappa shape index (κ3) is 2.53. The lowest BCUT2D eigenvalue weighted by Gasteiger charge is -2.24. The molecule has 3 aliphatic rings. The van der Waals surface area contributed by atoms with Crippen LogP contribution in [0.3, 0.4) is 0 Å². The molecule has 2 aromatic carbocycles. The Balaban J connectivity index is 1.41. The lowest BCUT2D eigenvalue weighted by molar-refractivity contribution is 0.0572. The third-order valence-corrected chi connectivity index (χ3v) is 6.78. The van der Waals surface area contributed by atoms with Gasteiger partial charge in [-0.2, -0.15) is 0 Å². The normalized spacial score (nSPS) is 20.4. The number of fused-ring (bicyclic) bond motifs is 3. The first-order chi connectivity index (χ1) is 15.8. The summed E-state index contributed by atoms with van der Waals surface area (Å²) in [6.07, 6.45) is 0.506. The topological polar surface area (TPSA) is 87.7 Å². The van der Waals surface area contributed by atoms with E-state index in [9.17, 15) is 19.2 Å². The number of hydrogen-bond acceptors (Lipinski definition) is 5. The highest BCUT2D eigenvalue weighted by atomic mass is 16.2. The zero-order valence-electron chi connectivity index (χ0n) is 18.0. The number of rotatable bonds is 2. The van der Waals surface area contributed by atoms with Gasteiger partial charge in [0.25, 0.3) is 23.6 Å². The molecule has 7 heteroatoms. The second-order valence-corrected chi connectivity index (χ2v) is 9.23. The van der Waals surface area contributed by atoms with Gasteiger partial charge in [0.15, 0.2) is 0 Å². The van der Waals surface area contributed by atoms with Crippen LogP contribution in [-0.4, -0.2) is 33.5 Å². The van der Waals surface area contributed by atoms with Crippen LogP contribution in [0.5, 0.6) is 0 Å². The van der Waals surface area contributed by atoms with Crippen molar-refractivity contribution in [2.45, 2.75) is 31.7 Å². The molecule has 1 atom stereocenters. The van der Waals surface area contributed by atoms with E-state index in [1.165, 1.54) is 4.90 Å². The van der Waals surface area contributed by atoms with E-state index < -0.39 is 23.3 Å². The number of hydrogen-bond donors (Lipinski definition) is 0. The number of amides is 4. The standard InChI is InChI=1S/C26H19N3O4/c1-26(2)13-19(28-22(30)14-7-3-4-8-15(14)23(28)31)18-11-12-20(27-21(18)26)29-24(32)16-9-5-6-10-17(16)25(29)33/h3-12,19H,13H2,1-2H3. The summed E-state index contributed by atoms with van der Waals surface area (Å²) in [6.45, 7) is 3.98. The molecule has 2 aliphatic heterocycles. The summed E-state index contributed by atoms with van der Waals surface area (Å²) < 4.78 is 0. The molecule has 3 heterocycles. The van der Waals surface area contributed by atoms with E-state index in [1.54, 1.807) is 60.7 Å². The van der Waals surface area contributed by atoms with Crippen LogP contribution in [0.2, 0.25) is 0 Å². The minimum atomic E-state index is -0.468. The Morgan fingerprint density at radius 3 is 1.73 bits per heavy atom. The number of pyridine rings is 1. The van der Waals surface area contributed by atoms with Crippen LogP contribution < -0.4 is 4.90 Å². The summed E-state index contributed by atoms with van der Waals surface area (Å²) in [5.41, 5.74) is 2.49. The van der Waals surface area contributed by atoms with Gasteiger partial charge in [0, 0.05) is 5.41 Å². The van der Waals surface area contributed by atoms with E-state index in [4.69, 9.17) is 4.98 Å². The Hall–Kier alpha value is -4.13. The zero-order valence-corrected chi connectivity index (χ0v) is 18.0. The Bertz CT molecular complexity index is 1350. The second kappa shape index (κ2) is 6.45. The average molecular weight is 437 g/mol. The Morgan fingerprint density at radius 2 is 1.21 bits per heavy atom. The fourth-order valence-corrected chi connectivity index (χ4v) is 5.20. The van der Waals surface area contributed by atoms with Crippen LogP contribution in [0, 0.1) is 0 Å². The van der Waals surface area contributed by atoms with Crippen molar-refractivity contribution >= 4 is 29.4 Å². The first-order valence-corrected chi connectivity index (χ1v) is 10.8. The van der Waals surface area contributed by atoms with Crippen molar-refractivity contribution in [1.82, 2.24) is 9.88 Å². The number of carbonyl (C=O) groups is 4. The summed E-state index contributed by atoms with van der Waals surface area (Å²) in [5.74, 6) is -1.19. The quantitative estimate of drug-likeness (QED) is 0.568. The molecular weight excluding hydrogens is 418 g/mol. The van der Waals surface area contributed by atoms with Crippen LogP contribution in [0.25, 0.3) is 0 Å². The molecule has 33 heavy (non-hydrogen) atoms. The molecule has 0 radical (unpaired) electrons. The highest BCUT2D eigenvalue weighted by molar-refractivity contribution is 6.34. The zero-order chi connectivity index (χ0) is 23.1. The lowest BCUT2D eigenvalue weighted by Crippen LogP contribution is -2.33. The summed E-state index contributed by atoms with van der Waals surface area (Å²) >= 11 is 0. The SMILES string of the molecule is CC1(C)CC(N2C(=O)c3ccccc3C2=O)c2ccc(N3C(=O)c4ccccc4C3=O)nc21. The van der Waals surface area contributed by atoms with Crippen molar-refractivity contribution in [2.24, 2.45) is 0 Å². The predicted octanol–water partition coefficient (Wildman–Crippen LogP) is 3.90. The molecule has 1 unspecified atom stereocenters. The van der Waals surface area contributed by atoms with Crippen molar-refractivity contribution in [1.29, 1.82) is 0 Å². The van der Waals surface area contributed by atoms with Crippen molar-refractivity contribution in [3.63, 3.8) is 0 Å². The van der Waals surface area contributed by atoms with Crippen LogP contribution >= 0.6 is 0 Å². The molecule has 162 valence electrons. The molecule has 0 saturated carbocycles. The van der Waals surface area contributed by atoms with Gasteiger partial charge < -0.3 is 0 Å². The summed E-state index contributed by atoms with van der Waals surface area (Å²) in [5, 5.41) is 0. The largest absolute Gasteiger partial charge is 0.269 e. The van der Waals surface area contributed by atoms with E-state index >= 15 is 0 Å². The van der Waals surface area contributed by atoms with Gasteiger partial charge in [-0.1, -0.05) is 44.2 Å². The molecule has 0 fully saturated rings. The molecule has 6 rings (SSSR count). The molecule has 0 N–H and O–H groups in total. The summed E-state index contributed by atoms with van der Waals surface area (Å²) in [6, 6.07) is 16.5. The predicted molar refractivity (Wildman–Crippen MR) is 119 cm³/mol. The number of imide groups is 2. The van der Waals surface area contributed by atoms with E-state index in [2.05, 4.69) is 0 Å². The fraction of sp³-hybridized carbons (Fsp3) is 0.192. The highest BCUT2D eigenvalue weighted by Crippen LogP contribution is 2.49. The number of nitrogens with zero attached hydrogens (tertiary/aromatic N) is 3. The molecular formula is C26H19N3O4. The number of aromatic nitrogens is 1. The van der Waals surface area contributed by atoms with Crippen LogP contribution in [0.1, 0.15) is 79.0 Å². The Labute approximate surface area is 189 Å². The minimum absolute atomic E-state index is 0.246. The van der Waals surface area contributed by atoms with Crippen molar-refractivity contribution in [3.05, 3.63) is 94.2 Å². The van der Waals surface area contributed by atoms with Gasteiger partial charge in [0.2, 0.25) is 0 Å². The number of benzene rings is 2. The molecule has 4 amide bonds. The monoisotopic (exact) mass is 437 g/mol. The molecule has 0 spiro atoms. The van der Waals surface area contributed by atoms with E-state index in [0.29, 0.717) is 34.4 Å². The van der Waals surface area contributed by atoms with Crippen LogP contribution in [0.4, 0.5) is 5.82 Å². The van der Waals surface area contributed by atoms with Gasteiger partial charge in [0.05, 0.1) is 34.0 Å². The molecule has 1 aliphatic carbocycles. The maximum Gasteiger partial charge on any atom is 0.267 e. The van der Waals surface area contributed by atoms with Gasteiger partial charge in [-0.25, -0.2) is 9.88 Å². The second-order valence-electron chi connectivity index (χ2n) is 9.23. The summed E-state index contributed by atoms with van der Waals surface area (Å²) in [4.78, 5) is 59.2. The van der Waals surface area contributed by atoms with Gasteiger partial charge in [-0.3, -0.25) is 24.1 Å². The molecule has 0 saturated heterocycles. The third-order valence-electron chi connectivity index (χ3n) is 6.78. The van der Waals surface area contributed by atoms with Crippen molar-refractivity contribution in [3.8, 4) is 0 Å². The fourth-order valence-electron chi connectivity index (χ4n) is 5.20. The number of carbonyl (C=O) groups excluding carboxylic acids is 4. The van der Waals surface area contributed by atoms with Gasteiger partial charge in [-0.15, -0.1) is 0 Å². The highest BCUT2D eigenvalue weighted by Gasteiger charge is 2.48. The van der Waals surface area contributed by atoms with E-state index in [0.717, 1.165) is 10.5 Å². The molecule has 0 bridgehead atoms. The van der Waals surface area contributed by atoms with Gasteiger partial charge in [-0.05, 0) is 42.3 Å². The van der Waals surface area contributed by atoms with Crippen molar-refractivity contribution in [2.75, 3.05) is 4.90 Å². The maximum atomic E-state index is 13.1. The molecule has 7 nitrogen and oxygen atoms in total. The molecule has 1 aromatic heterocycles. The Morgan fingerprint density at radius 1 is 0.727 bits per heavy atom. The van der Waals surface area contributed by atoms with Crippen LogP contribution in [-0.2, 0) is 5.41 Å².